The van der Waals surface area contributed by atoms with E-state index in [4.69, 9.17) is 16.3 Å². The highest BCUT2D eigenvalue weighted by Crippen LogP contribution is 2.26. The molecule has 0 amide bonds. The van der Waals surface area contributed by atoms with Gasteiger partial charge in [0.2, 0.25) is 0 Å². The van der Waals surface area contributed by atoms with Crippen LogP contribution >= 0.6 is 11.6 Å². The van der Waals surface area contributed by atoms with Crippen molar-refractivity contribution in [3.05, 3.63) is 29.6 Å². The maximum atomic E-state index is 13.5. The van der Waals surface area contributed by atoms with Gasteiger partial charge in [0.15, 0.2) is 11.6 Å². The van der Waals surface area contributed by atoms with Crippen LogP contribution in [-0.2, 0) is 5.88 Å². The zero-order chi connectivity index (χ0) is 12.2. The number of ether oxygens (including phenoxy) is 1. The molecule has 0 bridgehead atoms. The van der Waals surface area contributed by atoms with Crippen molar-refractivity contribution in [1.82, 2.24) is 0 Å². The first-order valence-electron chi connectivity index (χ1n) is 5.40. The second-order valence-electron chi connectivity index (χ2n) is 5.02. The molecule has 0 saturated heterocycles. The molecule has 3 heteroatoms. The van der Waals surface area contributed by atoms with Crippen LogP contribution in [0.15, 0.2) is 18.2 Å². The topological polar surface area (TPSA) is 9.23 Å². The fourth-order valence-electron chi connectivity index (χ4n) is 1.28. The third-order valence-electron chi connectivity index (χ3n) is 2.29. The highest BCUT2D eigenvalue weighted by atomic mass is 35.5. The summed E-state index contributed by atoms with van der Waals surface area (Å²) >= 11 is 5.73. The van der Waals surface area contributed by atoms with Crippen LogP contribution < -0.4 is 4.74 Å². The van der Waals surface area contributed by atoms with E-state index in [1.807, 2.05) is 0 Å². The smallest absolute Gasteiger partial charge is 0.165 e. The number of rotatable bonds is 4. The maximum absolute atomic E-state index is 13.5. The molecule has 16 heavy (non-hydrogen) atoms. The Morgan fingerprint density at radius 2 is 2.00 bits per heavy atom. The summed E-state index contributed by atoms with van der Waals surface area (Å²) in [5.41, 5.74) is 0.891. The van der Waals surface area contributed by atoms with Gasteiger partial charge in [-0.2, -0.15) is 0 Å². The Balaban J connectivity index is 2.66. The van der Waals surface area contributed by atoms with Crippen molar-refractivity contribution in [3.8, 4) is 5.75 Å². The van der Waals surface area contributed by atoms with Gasteiger partial charge in [0.1, 0.15) is 0 Å². The van der Waals surface area contributed by atoms with Crippen molar-refractivity contribution in [2.24, 2.45) is 5.41 Å². The predicted octanol–water partition coefficient (Wildman–Crippen LogP) is 4.38. The molecule has 0 aliphatic carbocycles. The molecular formula is C13H18ClFO. The Kier molecular flexibility index (Phi) is 4.60. The third-order valence-corrected chi connectivity index (χ3v) is 2.58. The van der Waals surface area contributed by atoms with Gasteiger partial charge >= 0.3 is 0 Å². The molecule has 0 spiro atoms. The van der Waals surface area contributed by atoms with Crippen molar-refractivity contribution in [3.63, 3.8) is 0 Å². The van der Waals surface area contributed by atoms with E-state index in [2.05, 4.69) is 20.8 Å². The van der Waals surface area contributed by atoms with Crippen LogP contribution in [0.2, 0.25) is 0 Å². The summed E-state index contributed by atoms with van der Waals surface area (Å²) < 4.78 is 18.9. The lowest BCUT2D eigenvalue weighted by atomic mass is 9.93. The van der Waals surface area contributed by atoms with Crippen LogP contribution in [0, 0.1) is 11.2 Å². The summed E-state index contributed by atoms with van der Waals surface area (Å²) in [6.07, 6.45) is 0.878. The zero-order valence-electron chi connectivity index (χ0n) is 10.0. The van der Waals surface area contributed by atoms with Crippen molar-refractivity contribution in [2.45, 2.75) is 33.1 Å². The molecule has 90 valence electrons. The summed E-state index contributed by atoms with van der Waals surface area (Å²) in [5.74, 6) is 0.219. The Bertz CT molecular complexity index is 344. The molecule has 0 atom stereocenters. The number of para-hydroxylation sites is 1. The van der Waals surface area contributed by atoms with Crippen LogP contribution in [0.1, 0.15) is 32.8 Å². The standard InChI is InChI=1S/C13H18ClFO/c1-13(2,3)7-8-16-12-10(9-14)5-4-6-11(12)15/h4-6H,7-9H2,1-3H3. The second kappa shape index (κ2) is 5.53. The molecule has 0 aliphatic rings. The predicted molar refractivity (Wildman–Crippen MR) is 65.5 cm³/mol. The quantitative estimate of drug-likeness (QED) is 0.715. The Morgan fingerprint density at radius 3 is 2.56 bits per heavy atom. The molecular weight excluding hydrogens is 227 g/mol. The van der Waals surface area contributed by atoms with Gasteiger partial charge in [-0.3, -0.25) is 0 Å². The Labute approximate surface area is 102 Å². The van der Waals surface area contributed by atoms with Crippen molar-refractivity contribution >= 4 is 11.6 Å². The van der Waals surface area contributed by atoms with E-state index in [9.17, 15) is 4.39 Å². The monoisotopic (exact) mass is 244 g/mol. The van der Waals surface area contributed by atoms with Gasteiger partial charge in [-0.25, -0.2) is 4.39 Å². The molecule has 0 fully saturated rings. The van der Waals surface area contributed by atoms with Crippen LogP contribution in [0.4, 0.5) is 4.39 Å². The minimum Gasteiger partial charge on any atom is -0.490 e. The normalized spacial score (nSPS) is 11.6. The summed E-state index contributed by atoms with van der Waals surface area (Å²) in [6, 6.07) is 4.81. The maximum Gasteiger partial charge on any atom is 0.165 e. The molecule has 0 heterocycles. The summed E-state index contributed by atoms with van der Waals surface area (Å²) in [5, 5.41) is 0. The second-order valence-corrected chi connectivity index (χ2v) is 5.29. The van der Waals surface area contributed by atoms with Gasteiger partial charge in [-0.15, -0.1) is 11.6 Å². The van der Waals surface area contributed by atoms with Gasteiger partial charge in [-0.1, -0.05) is 32.9 Å². The Morgan fingerprint density at radius 1 is 1.31 bits per heavy atom. The molecule has 1 nitrogen and oxygen atoms in total. The van der Waals surface area contributed by atoms with Crippen molar-refractivity contribution < 1.29 is 9.13 Å². The number of hydrogen-bond donors (Lipinski definition) is 0. The van der Waals surface area contributed by atoms with E-state index < -0.39 is 0 Å². The highest BCUT2D eigenvalue weighted by molar-refractivity contribution is 6.17. The summed E-state index contributed by atoms with van der Waals surface area (Å²) in [7, 11) is 0. The van der Waals surface area contributed by atoms with E-state index in [-0.39, 0.29) is 17.1 Å². The third kappa shape index (κ3) is 4.01. The van der Waals surface area contributed by atoms with E-state index >= 15 is 0 Å². The van der Waals surface area contributed by atoms with E-state index in [1.54, 1.807) is 12.1 Å². The van der Waals surface area contributed by atoms with E-state index in [0.717, 1.165) is 6.42 Å². The van der Waals surface area contributed by atoms with Gasteiger partial charge in [0, 0.05) is 5.56 Å². The first-order valence-corrected chi connectivity index (χ1v) is 5.93. The van der Waals surface area contributed by atoms with Crippen molar-refractivity contribution in [2.75, 3.05) is 6.61 Å². The lowest BCUT2D eigenvalue weighted by Crippen LogP contribution is -2.12. The molecule has 1 aromatic carbocycles. The molecule has 0 aromatic heterocycles. The number of benzene rings is 1. The van der Waals surface area contributed by atoms with Crippen LogP contribution in [-0.4, -0.2) is 6.61 Å². The average molecular weight is 245 g/mol. The highest BCUT2D eigenvalue weighted by Gasteiger charge is 2.13. The fraction of sp³-hybridized carbons (Fsp3) is 0.538. The zero-order valence-corrected chi connectivity index (χ0v) is 10.8. The lowest BCUT2D eigenvalue weighted by Gasteiger charge is -2.19. The first-order chi connectivity index (χ1) is 7.44. The first kappa shape index (κ1) is 13.3. The van der Waals surface area contributed by atoms with Gasteiger partial charge in [0.25, 0.3) is 0 Å². The number of alkyl halides is 1. The van der Waals surface area contributed by atoms with Crippen LogP contribution in [0.5, 0.6) is 5.75 Å². The molecule has 0 aliphatic heterocycles. The fourth-order valence-corrected chi connectivity index (χ4v) is 1.49. The molecule has 1 rings (SSSR count). The molecule has 0 saturated carbocycles. The molecule has 0 N–H and O–H groups in total. The number of hydrogen-bond acceptors (Lipinski definition) is 1. The minimum absolute atomic E-state index is 0.187. The molecule has 1 aromatic rings. The number of halogens is 2. The summed E-state index contributed by atoms with van der Waals surface area (Å²) in [4.78, 5) is 0. The SMILES string of the molecule is CC(C)(C)CCOc1c(F)cccc1CCl. The minimum atomic E-state index is -0.341. The lowest BCUT2D eigenvalue weighted by molar-refractivity contribution is 0.234. The van der Waals surface area contributed by atoms with Crippen molar-refractivity contribution in [1.29, 1.82) is 0 Å². The average Bonchev–Trinajstić information content (AvgIpc) is 2.18. The summed E-state index contributed by atoms with van der Waals surface area (Å²) in [6.45, 7) is 6.88. The van der Waals surface area contributed by atoms with E-state index in [0.29, 0.717) is 17.9 Å². The van der Waals surface area contributed by atoms with Crippen LogP contribution in [0.25, 0.3) is 0 Å². The van der Waals surface area contributed by atoms with Gasteiger partial charge in [-0.05, 0) is 17.9 Å². The van der Waals surface area contributed by atoms with Gasteiger partial charge < -0.3 is 4.74 Å². The van der Waals surface area contributed by atoms with Gasteiger partial charge in [0.05, 0.1) is 12.5 Å². The van der Waals surface area contributed by atoms with E-state index in [1.165, 1.54) is 6.07 Å². The van der Waals surface area contributed by atoms with Crippen LogP contribution in [0.3, 0.4) is 0 Å². The largest absolute Gasteiger partial charge is 0.490 e. The molecule has 0 radical (unpaired) electrons. The molecule has 0 unspecified atom stereocenters. The Hall–Kier alpha value is -0.760.